The number of fused-ring (bicyclic) bond motifs is 1. The van der Waals surface area contributed by atoms with Crippen molar-refractivity contribution < 1.29 is 14.8 Å². The van der Waals surface area contributed by atoms with Crippen molar-refractivity contribution in [3.63, 3.8) is 0 Å². The monoisotopic (exact) mass is 246 g/mol. The van der Waals surface area contributed by atoms with Gasteiger partial charge in [0, 0.05) is 5.39 Å². The first kappa shape index (κ1) is 12.2. The number of nitrogens with zero attached hydrogens (tertiary/aromatic N) is 2. The lowest BCUT2D eigenvalue weighted by atomic mass is 10.1. The van der Waals surface area contributed by atoms with Crippen molar-refractivity contribution in [2.75, 3.05) is 0 Å². The standard InChI is InChI=1S/C13H14N2O3/c1-7-4-5-11-10(6-7)13(15-17)12(8(2)14-16)9(3)18-11/h4-6,16-17H,1-3H3. The van der Waals surface area contributed by atoms with E-state index >= 15 is 0 Å². The first-order valence-electron chi connectivity index (χ1n) is 5.49. The molecule has 0 bridgehead atoms. The lowest BCUT2D eigenvalue weighted by Gasteiger charge is -2.07. The molecule has 1 aromatic carbocycles. The van der Waals surface area contributed by atoms with Crippen LogP contribution in [0.15, 0.2) is 32.9 Å². The van der Waals surface area contributed by atoms with Crippen LogP contribution in [0.25, 0.3) is 11.0 Å². The fraction of sp³-hybridized carbons (Fsp3) is 0.231. The number of oxime groups is 1. The summed E-state index contributed by atoms with van der Waals surface area (Å²) in [6, 6.07) is 5.60. The molecule has 5 heteroatoms. The minimum Gasteiger partial charge on any atom is -0.461 e. The Morgan fingerprint density at radius 3 is 2.56 bits per heavy atom. The fourth-order valence-corrected chi connectivity index (χ4v) is 2.02. The summed E-state index contributed by atoms with van der Waals surface area (Å²) in [5, 5.41) is 25.6. The maximum atomic E-state index is 9.22. The van der Waals surface area contributed by atoms with Gasteiger partial charge in [-0.3, -0.25) is 0 Å². The van der Waals surface area contributed by atoms with Gasteiger partial charge < -0.3 is 14.8 Å². The van der Waals surface area contributed by atoms with E-state index < -0.39 is 0 Å². The molecule has 0 aliphatic carbocycles. The van der Waals surface area contributed by atoms with Crippen LogP contribution in [0.1, 0.15) is 23.8 Å². The second-order valence-electron chi connectivity index (χ2n) is 4.17. The largest absolute Gasteiger partial charge is 0.461 e. The Morgan fingerprint density at radius 2 is 1.94 bits per heavy atom. The number of rotatable bonds is 1. The van der Waals surface area contributed by atoms with Crippen molar-refractivity contribution in [1.82, 2.24) is 0 Å². The zero-order valence-corrected chi connectivity index (χ0v) is 10.4. The summed E-state index contributed by atoms with van der Waals surface area (Å²) in [5.74, 6) is 0.537. The van der Waals surface area contributed by atoms with Gasteiger partial charge in [0.15, 0.2) is 0 Å². The summed E-state index contributed by atoms with van der Waals surface area (Å²) in [6.45, 7) is 5.29. The quantitative estimate of drug-likeness (QED) is 0.461. The first-order chi connectivity index (χ1) is 8.58. The lowest BCUT2D eigenvalue weighted by molar-refractivity contribution is 0.301. The van der Waals surface area contributed by atoms with Gasteiger partial charge in [-0.1, -0.05) is 21.9 Å². The minimum atomic E-state index is 0.340. The summed E-state index contributed by atoms with van der Waals surface area (Å²) in [6.07, 6.45) is 0. The van der Waals surface area contributed by atoms with Crippen molar-refractivity contribution in [2.24, 2.45) is 10.3 Å². The molecule has 0 fully saturated rings. The predicted molar refractivity (Wildman–Crippen MR) is 67.0 cm³/mol. The van der Waals surface area contributed by atoms with Gasteiger partial charge in [-0.15, -0.1) is 0 Å². The molecule has 1 aromatic heterocycles. The summed E-state index contributed by atoms with van der Waals surface area (Å²) in [7, 11) is 0. The van der Waals surface area contributed by atoms with Crippen molar-refractivity contribution in [2.45, 2.75) is 20.8 Å². The van der Waals surface area contributed by atoms with Crippen molar-refractivity contribution >= 4 is 16.7 Å². The Labute approximate surface area is 104 Å². The van der Waals surface area contributed by atoms with Crippen molar-refractivity contribution in [3.8, 4) is 0 Å². The smallest absolute Gasteiger partial charge is 0.136 e. The third kappa shape index (κ3) is 1.84. The molecule has 0 spiro atoms. The molecular formula is C13H14N2O3. The van der Waals surface area contributed by atoms with Crippen molar-refractivity contribution in [3.05, 3.63) is 40.4 Å². The predicted octanol–water partition coefficient (Wildman–Crippen LogP) is 2.54. The zero-order chi connectivity index (χ0) is 13.3. The molecule has 0 radical (unpaired) electrons. The topological polar surface area (TPSA) is 78.3 Å². The van der Waals surface area contributed by atoms with Gasteiger partial charge in [-0.05, 0) is 32.9 Å². The number of hydrogen-bond acceptors (Lipinski definition) is 5. The van der Waals surface area contributed by atoms with Gasteiger partial charge in [0.25, 0.3) is 0 Å². The highest BCUT2D eigenvalue weighted by atomic mass is 16.4. The van der Waals surface area contributed by atoms with E-state index in [9.17, 15) is 5.21 Å². The van der Waals surface area contributed by atoms with E-state index in [4.69, 9.17) is 9.62 Å². The zero-order valence-electron chi connectivity index (χ0n) is 10.4. The Kier molecular flexibility index (Phi) is 3.06. The molecule has 18 heavy (non-hydrogen) atoms. The maximum Gasteiger partial charge on any atom is 0.136 e. The Bertz CT molecular complexity index is 699. The van der Waals surface area contributed by atoms with Gasteiger partial charge in [0.1, 0.15) is 16.7 Å². The van der Waals surface area contributed by atoms with Crippen LogP contribution in [0.5, 0.6) is 0 Å². The molecule has 0 aliphatic heterocycles. The minimum absolute atomic E-state index is 0.340. The Hall–Kier alpha value is -2.30. The second kappa shape index (κ2) is 4.52. The molecule has 0 unspecified atom stereocenters. The first-order valence-corrected chi connectivity index (χ1v) is 5.49. The van der Waals surface area contributed by atoms with Gasteiger partial charge in [0.2, 0.25) is 0 Å². The average Bonchev–Trinajstić information content (AvgIpc) is 2.37. The van der Waals surface area contributed by atoms with Crippen LogP contribution >= 0.6 is 0 Å². The van der Waals surface area contributed by atoms with E-state index in [1.165, 1.54) is 0 Å². The van der Waals surface area contributed by atoms with Gasteiger partial charge >= 0.3 is 0 Å². The van der Waals surface area contributed by atoms with Gasteiger partial charge in [-0.2, -0.15) is 0 Å². The molecule has 2 rings (SSSR count). The molecule has 2 aromatic rings. The number of aryl methyl sites for hydroxylation is 2. The summed E-state index contributed by atoms with van der Waals surface area (Å²) >= 11 is 0. The van der Waals surface area contributed by atoms with Crippen LogP contribution in [0.2, 0.25) is 0 Å². The van der Waals surface area contributed by atoms with E-state index in [-0.39, 0.29) is 0 Å². The van der Waals surface area contributed by atoms with Crippen LogP contribution in [0, 0.1) is 13.8 Å². The normalized spacial score (nSPS) is 13.3. The molecule has 0 atom stereocenters. The van der Waals surface area contributed by atoms with Crippen LogP contribution in [0.4, 0.5) is 0 Å². The van der Waals surface area contributed by atoms with Crippen LogP contribution in [-0.2, 0) is 0 Å². The highest BCUT2D eigenvalue weighted by Crippen LogP contribution is 2.17. The molecule has 0 aliphatic rings. The van der Waals surface area contributed by atoms with E-state index in [0.717, 1.165) is 5.56 Å². The number of hydrogen-bond donors (Lipinski definition) is 2. The lowest BCUT2D eigenvalue weighted by Crippen LogP contribution is -2.17. The highest BCUT2D eigenvalue weighted by molar-refractivity contribution is 6.01. The molecule has 0 saturated carbocycles. The molecule has 1 heterocycles. The summed E-state index contributed by atoms with van der Waals surface area (Å²) in [5.41, 5.74) is 2.49. The van der Waals surface area contributed by atoms with E-state index in [2.05, 4.69) is 10.3 Å². The summed E-state index contributed by atoms with van der Waals surface area (Å²) in [4.78, 5) is 0. The third-order valence-electron chi connectivity index (χ3n) is 2.85. The average molecular weight is 246 g/mol. The Morgan fingerprint density at radius 1 is 1.22 bits per heavy atom. The van der Waals surface area contributed by atoms with Gasteiger partial charge in [-0.25, -0.2) is 0 Å². The molecular weight excluding hydrogens is 232 g/mol. The highest BCUT2D eigenvalue weighted by Gasteiger charge is 2.13. The van der Waals surface area contributed by atoms with Crippen LogP contribution in [-0.4, -0.2) is 16.1 Å². The van der Waals surface area contributed by atoms with Gasteiger partial charge in [0.05, 0.1) is 11.3 Å². The molecule has 94 valence electrons. The van der Waals surface area contributed by atoms with E-state index in [1.54, 1.807) is 13.8 Å². The Balaban J connectivity index is 3.01. The maximum absolute atomic E-state index is 9.22. The molecule has 0 saturated heterocycles. The molecule has 5 nitrogen and oxygen atoms in total. The molecule has 2 N–H and O–H groups in total. The molecule has 0 amide bonds. The van der Waals surface area contributed by atoms with E-state index in [1.807, 2.05) is 25.1 Å². The summed E-state index contributed by atoms with van der Waals surface area (Å²) < 4.78 is 5.65. The third-order valence-corrected chi connectivity index (χ3v) is 2.85. The second-order valence-corrected chi connectivity index (χ2v) is 4.17. The SMILES string of the molecule is CC(=NO)c1c(C)oc2ccc(C)cc2c1=NO. The fourth-order valence-electron chi connectivity index (χ4n) is 2.02. The number of benzene rings is 1. The van der Waals surface area contributed by atoms with Crippen molar-refractivity contribution in [1.29, 1.82) is 0 Å². The van der Waals surface area contributed by atoms with Crippen LogP contribution in [0.3, 0.4) is 0 Å². The van der Waals surface area contributed by atoms with Crippen LogP contribution < -0.4 is 5.36 Å². The van der Waals surface area contributed by atoms with E-state index in [0.29, 0.717) is 33.4 Å².